The van der Waals surface area contributed by atoms with Crippen LogP contribution in [0.25, 0.3) is 0 Å². The molecule has 0 aromatic carbocycles. The molecule has 0 aliphatic carbocycles. The van der Waals surface area contributed by atoms with Crippen LogP contribution in [-0.4, -0.2) is 36.6 Å². The van der Waals surface area contributed by atoms with E-state index >= 15 is 0 Å². The monoisotopic (exact) mass is 176 g/mol. The van der Waals surface area contributed by atoms with E-state index in [9.17, 15) is 0 Å². The predicted molar refractivity (Wildman–Crippen MR) is 48.0 cm³/mol. The third-order valence-electron chi connectivity index (χ3n) is 2.06. The standard InChI is InChI=1S/C9H20O3/c1-3-5-9(6-10,7-11)8-12-4-2/h10-11H,3-8H2,1-2H3. The van der Waals surface area contributed by atoms with Crippen LogP contribution in [0.15, 0.2) is 0 Å². The Morgan fingerprint density at radius 3 is 2.08 bits per heavy atom. The van der Waals surface area contributed by atoms with Gasteiger partial charge in [0, 0.05) is 12.0 Å². The lowest BCUT2D eigenvalue weighted by atomic mass is 9.86. The summed E-state index contributed by atoms with van der Waals surface area (Å²) in [6.07, 6.45) is 1.76. The molecule has 0 saturated carbocycles. The van der Waals surface area contributed by atoms with E-state index in [0.29, 0.717) is 13.2 Å². The second kappa shape index (κ2) is 6.40. The first-order valence-corrected chi connectivity index (χ1v) is 4.54. The molecule has 2 N–H and O–H groups in total. The SMILES string of the molecule is CCCC(CO)(CO)COCC. The van der Waals surface area contributed by atoms with E-state index in [1.165, 1.54) is 0 Å². The first-order chi connectivity index (χ1) is 5.74. The van der Waals surface area contributed by atoms with Crippen molar-refractivity contribution >= 4 is 0 Å². The molecule has 0 aromatic rings. The highest BCUT2D eigenvalue weighted by Crippen LogP contribution is 2.22. The molecular formula is C9H20O3. The van der Waals surface area contributed by atoms with Crippen LogP contribution < -0.4 is 0 Å². The maximum atomic E-state index is 9.09. The molecular weight excluding hydrogens is 156 g/mol. The second-order valence-electron chi connectivity index (χ2n) is 3.20. The Balaban J connectivity index is 3.95. The van der Waals surface area contributed by atoms with E-state index in [1.807, 2.05) is 13.8 Å². The highest BCUT2D eigenvalue weighted by Gasteiger charge is 2.27. The fourth-order valence-corrected chi connectivity index (χ4v) is 1.22. The normalized spacial score (nSPS) is 12.0. The van der Waals surface area contributed by atoms with Crippen molar-refractivity contribution in [3.8, 4) is 0 Å². The predicted octanol–water partition coefficient (Wildman–Crippen LogP) is 0.794. The Morgan fingerprint density at radius 2 is 1.75 bits per heavy atom. The summed E-state index contributed by atoms with van der Waals surface area (Å²) >= 11 is 0. The zero-order valence-corrected chi connectivity index (χ0v) is 8.05. The molecule has 0 radical (unpaired) electrons. The Bertz CT molecular complexity index is 99.9. The average Bonchev–Trinajstić information content (AvgIpc) is 2.13. The van der Waals surface area contributed by atoms with Gasteiger partial charge in [0.2, 0.25) is 0 Å². The minimum atomic E-state index is -0.426. The van der Waals surface area contributed by atoms with Gasteiger partial charge in [-0.25, -0.2) is 0 Å². The topological polar surface area (TPSA) is 49.7 Å². The van der Waals surface area contributed by atoms with Gasteiger partial charge >= 0.3 is 0 Å². The van der Waals surface area contributed by atoms with Gasteiger partial charge in [0.15, 0.2) is 0 Å². The largest absolute Gasteiger partial charge is 0.396 e. The fourth-order valence-electron chi connectivity index (χ4n) is 1.22. The number of ether oxygens (including phenoxy) is 1. The van der Waals surface area contributed by atoms with E-state index < -0.39 is 5.41 Å². The molecule has 3 heteroatoms. The van der Waals surface area contributed by atoms with Crippen molar-refractivity contribution in [3.63, 3.8) is 0 Å². The summed E-state index contributed by atoms with van der Waals surface area (Å²) in [6, 6.07) is 0. The summed E-state index contributed by atoms with van der Waals surface area (Å²) in [7, 11) is 0. The maximum absolute atomic E-state index is 9.09. The molecule has 74 valence electrons. The van der Waals surface area contributed by atoms with E-state index in [-0.39, 0.29) is 13.2 Å². The number of hydrogen-bond donors (Lipinski definition) is 2. The van der Waals surface area contributed by atoms with E-state index in [1.54, 1.807) is 0 Å². The lowest BCUT2D eigenvalue weighted by Crippen LogP contribution is -2.35. The summed E-state index contributed by atoms with van der Waals surface area (Å²) in [5.74, 6) is 0. The Labute approximate surface area is 74.4 Å². The maximum Gasteiger partial charge on any atom is 0.0566 e. The molecule has 0 unspecified atom stereocenters. The lowest BCUT2D eigenvalue weighted by molar-refractivity contribution is -0.0298. The van der Waals surface area contributed by atoms with Gasteiger partial charge < -0.3 is 14.9 Å². The molecule has 0 atom stereocenters. The van der Waals surface area contributed by atoms with Crippen LogP contribution in [0, 0.1) is 5.41 Å². The molecule has 12 heavy (non-hydrogen) atoms. The molecule has 0 fully saturated rings. The summed E-state index contributed by atoms with van der Waals surface area (Å²) in [6.45, 7) is 5.02. The van der Waals surface area contributed by atoms with E-state index in [2.05, 4.69) is 0 Å². The number of aliphatic hydroxyl groups is 2. The van der Waals surface area contributed by atoms with Crippen molar-refractivity contribution in [2.75, 3.05) is 26.4 Å². The molecule has 0 amide bonds. The lowest BCUT2D eigenvalue weighted by Gasteiger charge is -2.28. The number of aliphatic hydroxyl groups excluding tert-OH is 2. The summed E-state index contributed by atoms with van der Waals surface area (Å²) in [5.41, 5.74) is -0.426. The van der Waals surface area contributed by atoms with Crippen molar-refractivity contribution < 1.29 is 14.9 Å². The van der Waals surface area contributed by atoms with Crippen LogP contribution in [0.2, 0.25) is 0 Å². The van der Waals surface area contributed by atoms with Crippen LogP contribution >= 0.6 is 0 Å². The molecule has 0 bridgehead atoms. The van der Waals surface area contributed by atoms with E-state index in [0.717, 1.165) is 12.8 Å². The molecule has 0 rings (SSSR count). The Hall–Kier alpha value is -0.120. The summed E-state index contributed by atoms with van der Waals surface area (Å²) < 4.78 is 5.21. The van der Waals surface area contributed by atoms with Gasteiger partial charge in [-0.15, -0.1) is 0 Å². The van der Waals surface area contributed by atoms with Gasteiger partial charge in [-0.1, -0.05) is 13.3 Å². The van der Waals surface area contributed by atoms with Crippen LogP contribution in [0.4, 0.5) is 0 Å². The first kappa shape index (κ1) is 11.9. The third-order valence-corrected chi connectivity index (χ3v) is 2.06. The van der Waals surface area contributed by atoms with Crippen molar-refractivity contribution in [3.05, 3.63) is 0 Å². The van der Waals surface area contributed by atoms with Gasteiger partial charge in [-0.3, -0.25) is 0 Å². The van der Waals surface area contributed by atoms with Gasteiger partial charge in [0.05, 0.1) is 19.8 Å². The van der Waals surface area contributed by atoms with Gasteiger partial charge in [0.1, 0.15) is 0 Å². The Kier molecular flexibility index (Phi) is 6.34. The van der Waals surface area contributed by atoms with Crippen LogP contribution in [0.1, 0.15) is 26.7 Å². The first-order valence-electron chi connectivity index (χ1n) is 4.54. The molecule has 0 aliphatic heterocycles. The second-order valence-corrected chi connectivity index (χ2v) is 3.20. The van der Waals surface area contributed by atoms with Crippen molar-refractivity contribution in [2.45, 2.75) is 26.7 Å². The zero-order chi connectivity index (χ0) is 9.45. The number of hydrogen-bond acceptors (Lipinski definition) is 3. The fraction of sp³-hybridized carbons (Fsp3) is 1.00. The molecule has 3 nitrogen and oxygen atoms in total. The summed E-state index contributed by atoms with van der Waals surface area (Å²) in [4.78, 5) is 0. The summed E-state index contributed by atoms with van der Waals surface area (Å²) in [5, 5.41) is 18.2. The van der Waals surface area contributed by atoms with Gasteiger partial charge in [-0.05, 0) is 13.3 Å². The minimum absolute atomic E-state index is 0.00264. The van der Waals surface area contributed by atoms with Crippen molar-refractivity contribution in [1.29, 1.82) is 0 Å². The average molecular weight is 176 g/mol. The van der Waals surface area contributed by atoms with Crippen LogP contribution in [-0.2, 0) is 4.74 Å². The smallest absolute Gasteiger partial charge is 0.0566 e. The van der Waals surface area contributed by atoms with Gasteiger partial charge in [-0.2, -0.15) is 0 Å². The minimum Gasteiger partial charge on any atom is -0.396 e. The zero-order valence-electron chi connectivity index (χ0n) is 8.05. The third kappa shape index (κ3) is 3.52. The van der Waals surface area contributed by atoms with E-state index in [4.69, 9.17) is 14.9 Å². The highest BCUT2D eigenvalue weighted by atomic mass is 16.5. The Morgan fingerprint density at radius 1 is 1.17 bits per heavy atom. The van der Waals surface area contributed by atoms with Gasteiger partial charge in [0.25, 0.3) is 0 Å². The van der Waals surface area contributed by atoms with Crippen molar-refractivity contribution in [1.82, 2.24) is 0 Å². The number of rotatable bonds is 7. The molecule has 0 aliphatic rings. The molecule has 0 aromatic heterocycles. The quantitative estimate of drug-likeness (QED) is 0.603. The van der Waals surface area contributed by atoms with Crippen LogP contribution in [0.3, 0.4) is 0 Å². The molecule has 0 saturated heterocycles. The highest BCUT2D eigenvalue weighted by molar-refractivity contribution is 4.76. The van der Waals surface area contributed by atoms with Crippen LogP contribution in [0.5, 0.6) is 0 Å². The molecule has 0 spiro atoms. The molecule has 0 heterocycles. The van der Waals surface area contributed by atoms with Crippen molar-refractivity contribution in [2.24, 2.45) is 5.41 Å².